The molecule has 0 atom stereocenters. The number of aliphatic hydroxyl groups excluding tert-OH is 1. The van der Waals surface area contributed by atoms with Gasteiger partial charge in [-0.3, -0.25) is 0 Å². The smallest absolute Gasteiger partial charge is 0.354 e. The van der Waals surface area contributed by atoms with Crippen LogP contribution in [0.3, 0.4) is 0 Å². The molecule has 0 amide bonds. The fourth-order valence-electron chi connectivity index (χ4n) is 2.01. The molecule has 3 aromatic rings. The molecular weight excluding hydrogens is 288 g/mol. The molecule has 7 heteroatoms. The van der Waals surface area contributed by atoms with Crippen LogP contribution in [0, 0.1) is 0 Å². The van der Waals surface area contributed by atoms with Crippen LogP contribution in [-0.4, -0.2) is 44.3 Å². The van der Waals surface area contributed by atoms with E-state index in [9.17, 15) is 9.59 Å². The molecule has 0 aliphatic rings. The Hall–Kier alpha value is -3.06. The Labute approximate surface area is 124 Å². The highest BCUT2D eigenvalue weighted by Gasteiger charge is 2.11. The third kappa shape index (κ3) is 2.70. The SMILES string of the molecule is CO.O=C(O)c1ccc2ccc3ccc(C(=O)O)nc3c2n1. The number of aromatic carboxylic acids is 2. The van der Waals surface area contributed by atoms with E-state index >= 15 is 0 Å². The lowest BCUT2D eigenvalue weighted by atomic mass is 10.1. The summed E-state index contributed by atoms with van der Waals surface area (Å²) in [5.41, 5.74) is 0.552. The van der Waals surface area contributed by atoms with Gasteiger partial charge in [-0.1, -0.05) is 24.3 Å². The summed E-state index contributed by atoms with van der Waals surface area (Å²) in [7, 11) is 1.00. The van der Waals surface area contributed by atoms with Crippen molar-refractivity contribution in [3.05, 3.63) is 47.8 Å². The minimum atomic E-state index is -1.14. The van der Waals surface area contributed by atoms with Gasteiger partial charge in [-0.15, -0.1) is 0 Å². The maximum Gasteiger partial charge on any atom is 0.354 e. The highest BCUT2D eigenvalue weighted by atomic mass is 16.4. The van der Waals surface area contributed by atoms with Gasteiger partial charge in [-0.2, -0.15) is 0 Å². The third-order valence-electron chi connectivity index (χ3n) is 2.96. The Kier molecular flexibility index (Phi) is 4.28. The van der Waals surface area contributed by atoms with Crippen LogP contribution in [0.25, 0.3) is 21.8 Å². The van der Waals surface area contributed by atoms with E-state index in [2.05, 4.69) is 9.97 Å². The van der Waals surface area contributed by atoms with Gasteiger partial charge in [0.15, 0.2) is 0 Å². The largest absolute Gasteiger partial charge is 0.477 e. The fraction of sp³-hybridized carbons (Fsp3) is 0.0667. The van der Waals surface area contributed by atoms with Gasteiger partial charge >= 0.3 is 11.9 Å². The number of aliphatic hydroxyl groups is 1. The number of benzene rings is 1. The van der Waals surface area contributed by atoms with Gasteiger partial charge in [0, 0.05) is 17.9 Å². The average Bonchev–Trinajstić information content (AvgIpc) is 2.55. The van der Waals surface area contributed by atoms with Crippen molar-refractivity contribution in [2.24, 2.45) is 0 Å². The van der Waals surface area contributed by atoms with Crippen LogP contribution in [0.5, 0.6) is 0 Å². The van der Waals surface area contributed by atoms with Gasteiger partial charge in [-0.25, -0.2) is 19.6 Å². The quantitative estimate of drug-likeness (QED) is 0.617. The molecule has 0 spiro atoms. The number of aromatic nitrogens is 2. The maximum absolute atomic E-state index is 11.0. The Bertz CT molecular complexity index is 804. The summed E-state index contributed by atoms with van der Waals surface area (Å²) in [6.45, 7) is 0. The van der Waals surface area contributed by atoms with Crippen LogP contribution < -0.4 is 0 Å². The first kappa shape index (κ1) is 15.3. The zero-order chi connectivity index (χ0) is 16.3. The van der Waals surface area contributed by atoms with Gasteiger partial charge in [0.05, 0.1) is 11.0 Å². The van der Waals surface area contributed by atoms with Crippen molar-refractivity contribution in [3.63, 3.8) is 0 Å². The van der Waals surface area contributed by atoms with Gasteiger partial charge in [0.1, 0.15) is 11.4 Å². The number of hydrogen-bond donors (Lipinski definition) is 3. The second-order valence-corrected chi connectivity index (χ2v) is 4.21. The summed E-state index contributed by atoms with van der Waals surface area (Å²) in [4.78, 5) is 30.1. The van der Waals surface area contributed by atoms with Crippen molar-refractivity contribution < 1.29 is 24.9 Å². The maximum atomic E-state index is 11.0. The van der Waals surface area contributed by atoms with Gasteiger partial charge in [0.25, 0.3) is 0 Å². The van der Waals surface area contributed by atoms with Crippen LogP contribution in [0.4, 0.5) is 0 Å². The first-order chi connectivity index (χ1) is 10.6. The molecule has 0 unspecified atom stereocenters. The minimum Gasteiger partial charge on any atom is -0.477 e. The highest BCUT2D eigenvalue weighted by Crippen LogP contribution is 2.23. The number of carboxylic acids is 2. The Morgan fingerprint density at radius 2 is 1.05 bits per heavy atom. The number of rotatable bonds is 2. The molecule has 7 nitrogen and oxygen atoms in total. The van der Waals surface area contributed by atoms with Crippen molar-refractivity contribution in [3.8, 4) is 0 Å². The molecule has 0 aliphatic carbocycles. The molecule has 2 aromatic heterocycles. The average molecular weight is 300 g/mol. The van der Waals surface area contributed by atoms with Gasteiger partial charge in [-0.05, 0) is 12.1 Å². The normalized spacial score (nSPS) is 10.1. The van der Waals surface area contributed by atoms with Crippen LogP contribution in [0.15, 0.2) is 36.4 Å². The number of hydrogen-bond acceptors (Lipinski definition) is 5. The summed E-state index contributed by atoms with van der Waals surface area (Å²) in [5.74, 6) is -2.28. The number of fused-ring (bicyclic) bond motifs is 3. The monoisotopic (exact) mass is 300 g/mol. The Morgan fingerprint density at radius 1 is 0.727 bits per heavy atom. The van der Waals surface area contributed by atoms with E-state index in [1.165, 1.54) is 12.1 Å². The molecule has 2 heterocycles. The summed E-state index contributed by atoms with van der Waals surface area (Å²) >= 11 is 0. The van der Waals surface area contributed by atoms with Crippen molar-refractivity contribution in [2.45, 2.75) is 0 Å². The van der Waals surface area contributed by atoms with Crippen molar-refractivity contribution >= 4 is 33.7 Å². The number of pyridine rings is 2. The highest BCUT2D eigenvalue weighted by molar-refractivity contribution is 6.05. The number of nitrogens with zero attached hydrogens (tertiary/aromatic N) is 2. The van der Waals surface area contributed by atoms with Gasteiger partial charge in [0.2, 0.25) is 0 Å². The Morgan fingerprint density at radius 3 is 1.36 bits per heavy atom. The lowest BCUT2D eigenvalue weighted by Crippen LogP contribution is -2.02. The molecule has 0 saturated carbocycles. The lowest BCUT2D eigenvalue weighted by Gasteiger charge is -2.04. The van der Waals surface area contributed by atoms with Crippen molar-refractivity contribution in [2.75, 3.05) is 7.11 Å². The van der Waals surface area contributed by atoms with Gasteiger partial charge < -0.3 is 15.3 Å². The second-order valence-electron chi connectivity index (χ2n) is 4.21. The lowest BCUT2D eigenvalue weighted by molar-refractivity contribution is 0.0680. The minimum absolute atomic E-state index is 0.104. The van der Waals surface area contributed by atoms with E-state index in [1.807, 2.05) is 0 Å². The summed E-state index contributed by atoms with van der Waals surface area (Å²) in [6, 6.07) is 9.63. The van der Waals surface area contributed by atoms with E-state index < -0.39 is 11.9 Å². The first-order valence-electron chi connectivity index (χ1n) is 6.18. The van der Waals surface area contributed by atoms with Crippen LogP contribution in [-0.2, 0) is 0 Å². The molecule has 0 aliphatic heterocycles. The molecule has 22 heavy (non-hydrogen) atoms. The van der Waals surface area contributed by atoms with Crippen LogP contribution in [0.1, 0.15) is 21.0 Å². The molecule has 3 rings (SSSR count). The van der Waals surface area contributed by atoms with E-state index in [-0.39, 0.29) is 11.4 Å². The fourth-order valence-corrected chi connectivity index (χ4v) is 2.01. The van der Waals surface area contributed by atoms with E-state index in [4.69, 9.17) is 15.3 Å². The predicted molar refractivity (Wildman–Crippen MR) is 79.1 cm³/mol. The summed E-state index contributed by atoms with van der Waals surface area (Å²) < 4.78 is 0. The molecule has 3 N–H and O–H groups in total. The first-order valence-corrected chi connectivity index (χ1v) is 6.18. The molecular formula is C15H12N2O5. The zero-order valence-corrected chi connectivity index (χ0v) is 11.5. The standard InChI is InChI=1S/C14H8N2O4.CH4O/c17-13(18)9-5-3-7-1-2-8-4-6-10(14(19)20)16-12(8)11(7)15-9;1-2/h1-6H,(H,17,18)(H,19,20);2H,1H3. The van der Waals surface area contributed by atoms with E-state index in [1.54, 1.807) is 24.3 Å². The molecule has 112 valence electrons. The predicted octanol–water partition coefficient (Wildman–Crippen LogP) is 1.79. The van der Waals surface area contributed by atoms with Crippen molar-refractivity contribution in [1.82, 2.24) is 9.97 Å². The third-order valence-corrected chi connectivity index (χ3v) is 2.96. The molecule has 0 fully saturated rings. The van der Waals surface area contributed by atoms with Crippen molar-refractivity contribution in [1.29, 1.82) is 0 Å². The summed E-state index contributed by atoms with van der Waals surface area (Å²) in [6.07, 6.45) is 0. The zero-order valence-electron chi connectivity index (χ0n) is 11.5. The molecule has 0 bridgehead atoms. The number of carboxylic acid groups (broad SMARTS) is 2. The van der Waals surface area contributed by atoms with Crippen LogP contribution >= 0.6 is 0 Å². The molecule has 0 saturated heterocycles. The van der Waals surface area contributed by atoms with Crippen LogP contribution in [0.2, 0.25) is 0 Å². The van der Waals surface area contributed by atoms with E-state index in [0.717, 1.165) is 7.11 Å². The summed E-state index contributed by atoms with van der Waals surface area (Å²) in [5, 5.41) is 26.4. The second kappa shape index (κ2) is 6.15. The molecule has 1 aromatic carbocycles. The Balaban J connectivity index is 0.000000847. The van der Waals surface area contributed by atoms with E-state index in [0.29, 0.717) is 21.8 Å². The number of carbonyl (C=O) groups is 2. The molecule has 0 radical (unpaired) electrons. The topological polar surface area (TPSA) is 121 Å².